The molecule has 2 aromatic heterocycles. The van der Waals surface area contributed by atoms with Crippen LogP contribution in [0.5, 0.6) is 0 Å². The molecular weight excluding hydrogens is 336 g/mol. The first kappa shape index (κ1) is 14.8. The van der Waals surface area contributed by atoms with Crippen molar-refractivity contribution in [2.45, 2.75) is 37.9 Å². The molecule has 1 aromatic carbocycles. The molecule has 2 aliphatic heterocycles. The van der Waals surface area contributed by atoms with Gasteiger partial charge in [0, 0.05) is 24.4 Å². The van der Waals surface area contributed by atoms with E-state index in [0.717, 1.165) is 24.2 Å². The molecule has 4 heterocycles. The molecule has 2 aliphatic rings. The van der Waals surface area contributed by atoms with Gasteiger partial charge in [-0.1, -0.05) is 12.1 Å². The van der Waals surface area contributed by atoms with Gasteiger partial charge in [-0.2, -0.15) is 0 Å². The highest BCUT2D eigenvalue weighted by atomic mass is 32.1. The maximum absolute atomic E-state index is 12.9. The van der Waals surface area contributed by atoms with Gasteiger partial charge in [-0.3, -0.25) is 14.2 Å². The molecule has 2 bridgehead atoms. The van der Waals surface area contributed by atoms with E-state index in [-0.39, 0.29) is 23.6 Å². The van der Waals surface area contributed by atoms with Gasteiger partial charge in [0.15, 0.2) is 0 Å². The van der Waals surface area contributed by atoms with Gasteiger partial charge in [-0.05, 0) is 25.0 Å². The minimum absolute atomic E-state index is 0.00536. The van der Waals surface area contributed by atoms with Gasteiger partial charge in [-0.25, -0.2) is 9.97 Å². The summed E-state index contributed by atoms with van der Waals surface area (Å²) in [6.07, 6.45) is 2.48. The van der Waals surface area contributed by atoms with E-state index in [9.17, 15) is 9.59 Å². The SMILES string of the molecule is O=C(c1cscn1)N1[C@@H]2CC[C@H]1Cn1c(nc3ccccc3c1=O)C2. The second-order valence-electron chi connectivity index (χ2n) is 6.64. The summed E-state index contributed by atoms with van der Waals surface area (Å²) >= 11 is 1.43. The second-order valence-corrected chi connectivity index (χ2v) is 7.35. The zero-order valence-electron chi connectivity index (χ0n) is 13.5. The molecule has 0 saturated carbocycles. The van der Waals surface area contributed by atoms with Crippen molar-refractivity contribution < 1.29 is 4.79 Å². The molecule has 3 aromatic rings. The molecule has 0 spiro atoms. The number of fused-ring (bicyclic) bond motifs is 4. The first-order valence-corrected chi connectivity index (χ1v) is 9.36. The Kier molecular flexibility index (Phi) is 3.24. The fourth-order valence-corrected chi connectivity index (χ4v) is 4.63. The maximum atomic E-state index is 12.9. The van der Waals surface area contributed by atoms with E-state index < -0.39 is 0 Å². The molecule has 7 heteroatoms. The smallest absolute Gasteiger partial charge is 0.273 e. The third-order valence-electron chi connectivity index (χ3n) is 5.26. The Morgan fingerprint density at radius 3 is 2.88 bits per heavy atom. The average Bonchev–Trinajstić information content (AvgIpc) is 3.24. The van der Waals surface area contributed by atoms with Crippen LogP contribution in [0, 0.1) is 0 Å². The van der Waals surface area contributed by atoms with Crippen molar-refractivity contribution in [2.75, 3.05) is 0 Å². The Morgan fingerprint density at radius 2 is 2.04 bits per heavy atom. The van der Waals surface area contributed by atoms with Crippen molar-refractivity contribution in [3.05, 3.63) is 57.0 Å². The second kappa shape index (κ2) is 5.49. The summed E-state index contributed by atoms with van der Waals surface area (Å²) in [7, 11) is 0. The zero-order valence-corrected chi connectivity index (χ0v) is 14.3. The van der Waals surface area contributed by atoms with Gasteiger partial charge in [0.25, 0.3) is 11.5 Å². The van der Waals surface area contributed by atoms with Crippen LogP contribution < -0.4 is 5.56 Å². The Labute approximate surface area is 147 Å². The highest BCUT2D eigenvalue weighted by Crippen LogP contribution is 2.32. The van der Waals surface area contributed by atoms with Crippen molar-refractivity contribution in [1.82, 2.24) is 19.4 Å². The molecular formula is C18H16N4O2S. The predicted molar refractivity (Wildman–Crippen MR) is 94.8 cm³/mol. The number of thiazole rings is 1. The van der Waals surface area contributed by atoms with Crippen molar-refractivity contribution in [3.63, 3.8) is 0 Å². The minimum Gasteiger partial charge on any atom is -0.329 e. The zero-order chi connectivity index (χ0) is 17.0. The van der Waals surface area contributed by atoms with Crippen molar-refractivity contribution in [2.24, 2.45) is 0 Å². The van der Waals surface area contributed by atoms with E-state index in [1.165, 1.54) is 11.3 Å². The number of hydrogen-bond acceptors (Lipinski definition) is 5. The highest BCUT2D eigenvalue weighted by Gasteiger charge is 2.41. The van der Waals surface area contributed by atoms with Crippen LogP contribution in [-0.2, 0) is 13.0 Å². The first-order valence-electron chi connectivity index (χ1n) is 8.41. The summed E-state index contributed by atoms with van der Waals surface area (Å²) in [6, 6.07) is 7.56. The van der Waals surface area contributed by atoms with E-state index in [1.54, 1.807) is 15.5 Å². The van der Waals surface area contributed by atoms with Crippen molar-refractivity contribution >= 4 is 28.1 Å². The van der Waals surface area contributed by atoms with Crippen LogP contribution in [0.3, 0.4) is 0 Å². The minimum atomic E-state index is -0.0286. The molecule has 6 nitrogen and oxygen atoms in total. The number of carbonyl (C=O) groups is 1. The molecule has 2 atom stereocenters. The molecule has 0 unspecified atom stereocenters. The fraction of sp³-hybridized carbons (Fsp3) is 0.333. The molecule has 25 heavy (non-hydrogen) atoms. The summed E-state index contributed by atoms with van der Waals surface area (Å²) in [6.45, 7) is 0.512. The lowest BCUT2D eigenvalue weighted by Crippen LogP contribution is -2.42. The van der Waals surface area contributed by atoms with Gasteiger partial charge < -0.3 is 4.90 Å². The molecule has 1 amide bonds. The third kappa shape index (κ3) is 2.22. The van der Waals surface area contributed by atoms with Crippen LogP contribution in [0.4, 0.5) is 0 Å². The van der Waals surface area contributed by atoms with Gasteiger partial charge >= 0.3 is 0 Å². The Morgan fingerprint density at radius 1 is 1.20 bits per heavy atom. The van der Waals surface area contributed by atoms with E-state index in [4.69, 9.17) is 4.98 Å². The lowest BCUT2D eigenvalue weighted by atomic mass is 10.1. The molecule has 0 radical (unpaired) electrons. The number of amides is 1. The number of carbonyl (C=O) groups excluding carboxylic acids is 1. The van der Waals surface area contributed by atoms with Gasteiger partial charge in [0.2, 0.25) is 0 Å². The van der Waals surface area contributed by atoms with E-state index in [1.807, 2.05) is 29.2 Å². The van der Waals surface area contributed by atoms with Crippen LogP contribution in [0.15, 0.2) is 40.0 Å². The maximum Gasteiger partial charge on any atom is 0.273 e. The van der Waals surface area contributed by atoms with Gasteiger partial charge in [-0.15, -0.1) is 11.3 Å². The monoisotopic (exact) mass is 352 g/mol. The fourth-order valence-electron chi connectivity index (χ4n) is 4.10. The number of rotatable bonds is 1. The van der Waals surface area contributed by atoms with Crippen molar-refractivity contribution in [3.8, 4) is 0 Å². The number of benzene rings is 1. The lowest BCUT2D eigenvalue weighted by molar-refractivity contribution is 0.0660. The number of aromatic nitrogens is 3. The van der Waals surface area contributed by atoms with Crippen molar-refractivity contribution in [1.29, 1.82) is 0 Å². The summed E-state index contributed by atoms with van der Waals surface area (Å²) in [5.74, 6) is 0.756. The first-order chi connectivity index (χ1) is 12.2. The van der Waals surface area contributed by atoms with E-state index in [2.05, 4.69) is 4.98 Å². The molecule has 1 saturated heterocycles. The standard InChI is InChI=1S/C18H16N4O2S/c23-17-13-3-1-2-4-14(13)20-16-7-11-5-6-12(8-21(16)17)22(11)18(24)15-9-25-10-19-15/h1-4,9-12H,5-8H2/t11-,12+/m1/s1. The van der Waals surface area contributed by atoms with E-state index >= 15 is 0 Å². The highest BCUT2D eigenvalue weighted by molar-refractivity contribution is 7.07. The quantitative estimate of drug-likeness (QED) is 0.672. The van der Waals surface area contributed by atoms with Crippen LogP contribution in [-0.4, -0.2) is 37.4 Å². The Hall–Kier alpha value is -2.54. The number of hydrogen-bond donors (Lipinski definition) is 0. The van der Waals surface area contributed by atoms with Crippen LogP contribution in [0.1, 0.15) is 29.2 Å². The predicted octanol–water partition coefficient (Wildman–Crippen LogP) is 2.08. The molecule has 5 rings (SSSR count). The van der Waals surface area contributed by atoms with E-state index in [0.29, 0.717) is 24.0 Å². The Balaban J connectivity index is 1.61. The van der Waals surface area contributed by atoms with Crippen LogP contribution in [0.25, 0.3) is 10.9 Å². The number of nitrogens with zero attached hydrogens (tertiary/aromatic N) is 4. The molecule has 0 N–H and O–H groups in total. The van der Waals surface area contributed by atoms with Crippen LogP contribution >= 0.6 is 11.3 Å². The van der Waals surface area contributed by atoms with Gasteiger partial charge in [0.1, 0.15) is 11.5 Å². The third-order valence-corrected chi connectivity index (χ3v) is 5.84. The molecule has 126 valence electrons. The topological polar surface area (TPSA) is 68.1 Å². The molecule has 0 aliphatic carbocycles. The summed E-state index contributed by atoms with van der Waals surface area (Å²) in [5, 5.41) is 2.43. The summed E-state index contributed by atoms with van der Waals surface area (Å²) < 4.78 is 1.77. The molecule has 1 fully saturated rings. The largest absolute Gasteiger partial charge is 0.329 e. The Bertz CT molecular complexity index is 1030. The average molecular weight is 352 g/mol. The summed E-state index contributed by atoms with van der Waals surface area (Å²) in [4.78, 5) is 36.7. The van der Waals surface area contributed by atoms with Gasteiger partial charge in [0.05, 0.1) is 22.5 Å². The van der Waals surface area contributed by atoms with Crippen LogP contribution in [0.2, 0.25) is 0 Å². The normalized spacial score (nSPS) is 22.0. The lowest BCUT2D eigenvalue weighted by Gasteiger charge is -2.27. The number of para-hydroxylation sites is 1. The summed E-state index contributed by atoms with van der Waals surface area (Å²) in [5.41, 5.74) is 2.90.